The Hall–Kier alpha value is -1.68. The molecule has 1 heterocycles. The zero-order valence-corrected chi connectivity index (χ0v) is 10.4. The van der Waals surface area contributed by atoms with Crippen LogP contribution in [-0.2, 0) is 9.59 Å². The molecule has 1 saturated heterocycles. The Labute approximate surface area is 106 Å². The second-order valence-corrected chi connectivity index (χ2v) is 4.69. The second kappa shape index (κ2) is 5.31. The fourth-order valence-corrected chi connectivity index (χ4v) is 2.18. The van der Waals surface area contributed by atoms with Gasteiger partial charge in [-0.1, -0.05) is 30.3 Å². The summed E-state index contributed by atoms with van der Waals surface area (Å²) in [5.74, 6) is -0.644. The minimum atomic E-state index is -0.499. The van der Waals surface area contributed by atoms with E-state index in [0.717, 1.165) is 5.56 Å². The van der Waals surface area contributed by atoms with Gasteiger partial charge in [0, 0.05) is 13.0 Å². The third-order valence-corrected chi connectivity index (χ3v) is 3.22. The molecule has 2 amide bonds. The number of imide groups is 1. The lowest BCUT2D eigenvalue weighted by Gasteiger charge is -2.15. The van der Waals surface area contributed by atoms with Crippen molar-refractivity contribution < 1.29 is 14.7 Å². The van der Waals surface area contributed by atoms with Gasteiger partial charge in [-0.2, -0.15) is 0 Å². The molecule has 0 aliphatic carbocycles. The number of benzene rings is 1. The maximum Gasteiger partial charge on any atom is 0.237 e. The van der Waals surface area contributed by atoms with Crippen LogP contribution in [0.15, 0.2) is 30.3 Å². The minimum Gasteiger partial charge on any atom is -0.393 e. The lowest BCUT2D eigenvalue weighted by atomic mass is 9.98. The molecular weight excluding hydrogens is 230 g/mol. The predicted octanol–water partition coefficient (Wildman–Crippen LogP) is 1.30. The molecule has 1 aromatic rings. The average molecular weight is 247 g/mol. The van der Waals surface area contributed by atoms with E-state index in [-0.39, 0.29) is 24.2 Å². The van der Waals surface area contributed by atoms with E-state index in [1.807, 2.05) is 30.3 Å². The summed E-state index contributed by atoms with van der Waals surface area (Å²) in [6, 6.07) is 9.36. The lowest BCUT2D eigenvalue weighted by Crippen LogP contribution is -2.32. The molecule has 18 heavy (non-hydrogen) atoms. The number of aliphatic hydroxyl groups excluding tert-OH is 1. The van der Waals surface area contributed by atoms with Crippen LogP contribution in [0.2, 0.25) is 0 Å². The molecule has 1 aliphatic heterocycles. The Morgan fingerprint density at radius 2 is 2.00 bits per heavy atom. The summed E-state index contributed by atoms with van der Waals surface area (Å²) in [4.78, 5) is 25.2. The lowest BCUT2D eigenvalue weighted by molar-refractivity contribution is -0.138. The van der Waals surface area contributed by atoms with E-state index in [2.05, 4.69) is 0 Å². The van der Waals surface area contributed by atoms with Crippen molar-refractivity contribution in [1.29, 1.82) is 0 Å². The first-order chi connectivity index (χ1) is 8.59. The van der Waals surface area contributed by atoms with Crippen molar-refractivity contribution in [3.8, 4) is 0 Å². The van der Waals surface area contributed by atoms with E-state index in [0.29, 0.717) is 13.0 Å². The van der Waals surface area contributed by atoms with Crippen molar-refractivity contribution >= 4 is 11.8 Å². The monoisotopic (exact) mass is 247 g/mol. The summed E-state index contributed by atoms with van der Waals surface area (Å²) < 4.78 is 0. The smallest absolute Gasteiger partial charge is 0.237 e. The number of rotatable bonds is 4. The van der Waals surface area contributed by atoms with Crippen LogP contribution in [0.4, 0.5) is 0 Å². The molecule has 2 atom stereocenters. The van der Waals surface area contributed by atoms with Gasteiger partial charge in [-0.15, -0.1) is 0 Å². The zero-order valence-electron chi connectivity index (χ0n) is 10.4. The maximum absolute atomic E-state index is 12.2. The van der Waals surface area contributed by atoms with E-state index in [9.17, 15) is 14.7 Å². The van der Waals surface area contributed by atoms with E-state index in [1.165, 1.54) is 4.90 Å². The average Bonchev–Trinajstić information content (AvgIpc) is 2.63. The van der Waals surface area contributed by atoms with Gasteiger partial charge in [0.25, 0.3) is 0 Å². The highest BCUT2D eigenvalue weighted by molar-refractivity contribution is 6.06. The molecule has 0 spiro atoms. The summed E-state index contributed by atoms with van der Waals surface area (Å²) in [7, 11) is 0. The van der Waals surface area contributed by atoms with Crippen LogP contribution >= 0.6 is 0 Å². The molecular formula is C14H17NO3. The Morgan fingerprint density at radius 1 is 1.33 bits per heavy atom. The zero-order chi connectivity index (χ0) is 13.1. The summed E-state index contributed by atoms with van der Waals surface area (Å²) in [5, 5.41) is 9.22. The molecule has 0 radical (unpaired) electrons. The van der Waals surface area contributed by atoms with Gasteiger partial charge >= 0.3 is 0 Å². The Kier molecular flexibility index (Phi) is 3.77. The van der Waals surface area contributed by atoms with Crippen molar-refractivity contribution in [2.75, 3.05) is 6.54 Å². The van der Waals surface area contributed by atoms with Crippen LogP contribution < -0.4 is 0 Å². The summed E-state index contributed by atoms with van der Waals surface area (Å²) in [6.45, 7) is 1.96. The fourth-order valence-electron chi connectivity index (χ4n) is 2.18. The van der Waals surface area contributed by atoms with E-state index >= 15 is 0 Å². The van der Waals surface area contributed by atoms with Crippen LogP contribution in [0, 0.1) is 0 Å². The van der Waals surface area contributed by atoms with Crippen molar-refractivity contribution in [3.05, 3.63) is 35.9 Å². The molecule has 2 rings (SSSR count). The second-order valence-electron chi connectivity index (χ2n) is 4.69. The highest BCUT2D eigenvalue weighted by Gasteiger charge is 2.38. The van der Waals surface area contributed by atoms with Gasteiger partial charge in [0.05, 0.1) is 12.0 Å². The number of aliphatic hydroxyl groups is 1. The largest absolute Gasteiger partial charge is 0.393 e. The summed E-state index contributed by atoms with van der Waals surface area (Å²) in [5.41, 5.74) is 0.885. The first-order valence-corrected chi connectivity index (χ1v) is 6.17. The van der Waals surface area contributed by atoms with Crippen molar-refractivity contribution in [3.63, 3.8) is 0 Å². The van der Waals surface area contributed by atoms with Gasteiger partial charge in [0.2, 0.25) is 11.8 Å². The van der Waals surface area contributed by atoms with Gasteiger partial charge in [-0.3, -0.25) is 14.5 Å². The normalized spacial score (nSPS) is 21.4. The fraction of sp³-hybridized carbons (Fsp3) is 0.429. The molecule has 4 heteroatoms. The highest BCUT2D eigenvalue weighted by Crippen LogP contribution is 2.29. The quantitative estimate of drug-likeness (QED) is 0.816. The number of amides is 2. The predicted molar refractivity (Wildman–Crippen MR) is 66.8 cm³/mol. The Balaban J connectivity index is 2.09. The molecule has 0 saturated carbocycles. The molecule has 1 aliphatic rings. The standard InChI is InChI=1S/C14H17NO3/c1-10(16)7-8-15-13(17)9-12(14(15)18)11-5-3-2-4-6-11/h2-6,10,12,16H,7-9H2,1H3. The van der Waals surface area contributed by atoms with Crippen LogP contribution in [0.1, 0.15) is 31.2 Å². The molecule has 1 aromatic carbocycles. The number of nitrogens with zero attached hydrogens (tertiary/aromatic N) is 1. The number of hydrogen-bond acceptors (Lipinski definition) is 3. The first-order valence-electron chi connectivity index (χ1n) is 6.17. The number of hydrogen-bond donors (Lipinski definition) is 1. The third-order valence-electron chi connectivity index (χ3n) is 3.22. The number of carbonyl (C=O) groups is 2. The van der Waals surface area contributed by atoms with Crippen LogP contribution in [0.5, 0.6) is 0 Å². The molecule has 4 nitrogen and oxygen atoms in total. The molecule has 1 fully saturated rings. The first kappa shape index (κ1) is 12.8. The van der Waals surface area contributed by atoms with E-state index < -0.39 is 6.10 Å². The van der Waals surface area contributed by atoms with Gasteiger partial charge in [-0.05, 0) is 18.9 Å². The molecule has 1 N–H and O–H groups in total. The minimum absolute atomic E-state index is 0.144. The van der Waals surface area contributed by atoms with Crippen LogP contribution in [0.25, 0.3) is 0 Å². The van der Waals surface area contributed by atoms with E-state index in [1.54, 1.807) is 6.92 Å². The number of likely N-dealkylation sites (tertiary alicyclic amines) is 1. The Morgan fingerprint density at radius 3 is 2.61 bits per heavy atom. The van der Waals surface area contributed by atoms with Crippen molar-refractivity contribution in [2.24, 2.45) is 0 Å². The van der Waals surface area contributed by atoms with Crippen molar-refractivity contribution in [1.82, 2.24) is 4.90 Å². The summed E-state index contributed by atoms with van der Waals surface area (Å²) >= 11 is 0. The van der Waals surface area contributed by atoms with E-state index in [4.69, 9.17) is 0 Å². The molecule has 2 unspecified atom stereocenters. The van der Waals surface area contributed by atoms with Crippen LogP contribution in [-0.4, -0.2) is 34.5 Å². The highest BCUT2D eigenvalue weighted by atomic mass is 16.3. The molecule has 0 aromatic heterocycles. The molecule has 96 valence electrons. The van der Waals surface area contributed by atoms with Crippen LogP contribution in [0.3, 0.4) is 0 Å². The van der Waals surface area contributed by atoms with Crippen molar-refractivity contribution in [2.45, 2.75) is 31.8 Å². The third kappa shape index (κ3) is 2.59. The van der Waals surface area contributed by atoms with Gasteiger partial charge in [0.1, 0.15) is 0 Å². The van der Waals surface area contributed by atoms with Gasteiger partial charge < -0.3 is 5.11 Å². The van der Waals surface area contributed by atoms with Gasteiger partial charge in [-0.25, -0.2) is 0 Å². The van der Waals surface area contributed by atoms with Gasteiger partial charge in [0.15, 0.2) is 0 Å². The topological polar surface area (TPSA) is 57.6 Å². The molecule has 0 bridgehead atoms. The Bertz CT molecular complexity index is 442. The maximum atomic E-state index is 12.2. The summed E-state index contributed by atoms with van der Waals surface area (Å²) in [6.07, 6.45) is 0.170. The number of carbonyl (C=O) groups excluding carboxylic acids is 2. The SMILES string of the molecule is CC(O)CCN1C(=O)CC(c2ccccc2)C1=O.